The van der Waals surface area contributed by atoms with Gasteiger partial charge >= 0.3 is 5.97 Å². The first-order chi connectivity index (χ1) is 8.58. The molecule has 0 aliphatic carbocycles. The van der Waals surface area contributed by atoms with Crippen LogP contribution in [-0.2, 0) is 9.53 Å². The molecule has 0 aromatic heterocycles. The summed E-state index contributed by atoms with van der Waals surface area (Å²) in [6.45, 7) is 1.78. The fourth-order valence-electron chi connectivity index (χ4n) is 1.28. The highest BCUT2D eigenvalue weighted by molar-refractivity contribution is 5.93. The number of hydrogen-bond acceptors (Lipinski definition) is 5. The van der Waals surface area contributed by atoms with Gasteiger partial charge in [0.2, 0.25) is 5.91 Å². The van der Waals surface area contributed by atoms with Gasteiger partial charge < -0.3 is 19.9 Å². The van der Waals surface area contributed by atoms with Crippen LogP contribution in [0.3, 0.4) is 0 Å². The van der Waals surface area contributed by atoms with Gasteiger partial charge in [0.05, 0.1) is 13.7 Å². The molecule has 2 N–H and O–H groups in total. The molecule has 0 spiro atoms. The van der Waals surface area contributed by atoms with Crippen LogP contribution in [0.2, 0.25) is 0 Å². The highest BCUT2D eigenvalue weighted by Gasteiger charge is 2.10. The minimum absolute atomic E-state index is 0.222. The Labute approximate surface area is 105 Å². The zero-order valence-electron chi connectivity index (χ0n) is 10.3. The Bertz CT molecular complexity index is 444. The number of nitrogens with two attached hydrogens (primary N) is 1. The third-order valence-electron chi connectivity index (χ3n) is 2.10. The van der Waals surface area contributed by atoms with Gasteiger partial charge in [0, 0.05) is 5.56 Å². The summed E-state index contributed by atoms with van der Waals surface area (Å²) in [5, 5.41) is 0. The van der Waals surface area contributed by atoms with Crippen LogP contribution in [0.25, 0.3) is 0 Å². The van der Waals surface area contributed by atoms with Crippen molar-refractivity contribution in [2.24, 2.45) is 5.73 Å². The van der Waals surface area contributed by atoms with Crippen LogP contribution < -0.4 is 15.2 Å². The van der Waals surface area contributed by atoms with E-state index in [9.17, 15) is 9.59 Å². The average molecular weight is 253 g/mol. The number of benzene rings is 1. The van der Waals surface area contributed by atoms with Gasteiger partial charge in [-0.2, -0.15) is 0 Å². The van der Waals surface area contributed by atoms with Gasteiger partial charge in [-0.25, -0.2) is 4.79 Å². The lowest BCUT2D eigenvalue weighted by Crippen LogP contribution is -2.15. The molecule has 18 heavy (non-hydrogen) atoms. The van der Waals surface area contributed by atoms with E-state index in [1.54, 1.807) is 6.92 Å². The Balaban J connectivity index is 2.76. The minimum atomic E-state index is -0.565. The van der Waals surface area contributed by atoms with Crippen LogP contribution in [0.15, 0.2) is 18.2 Å². The number of methoxy groups -OCH3 is 1. The number of primary amides is 1. The molecule has 0 unspecified atom stereocenters. The topological polar surface area (TPSA) is 87.9 Å². The van der Waals surface area contributed by atoms with E-state index >= 15 is 0 Å². The summed E-state index contributed by atoms with van der Waals surface area (Å²) in [5.41, 5.74) is 5.44. The number of ether oxygens (including phenoxy) is 3. The summed E-state index contributed by atoms with van der Waals surface area (Å²) in [5.74, 6) is -0.366. The first kappa shape index (κ1) is 13.8. The van der Waals surface area contributed by atoms with E-state index in [1.165, 1.54) is 25.3 Å². The van der Waals surface area contributed by atoms with Crippen molar-refractivity contribution < 1.29 is 23.8 Å². The van der Waals surface area contributed by atoms with Crippen molar-refractivity contribution >= 4 is 11.9 Å². The average Bonchev–Trinajstić information content (AvgIpc) is 2.36. The van der Waals surface area contributed by atoms with Crippen molar-refractivity contribution in [1.29, 1.82) is 0 Å². The molecule has 0 bridgehead atoms. The van der Waals surface area contributed by atoms with Crippen molar-refractivity contribution in [3.05, 3.63) is 23.8 Å². The lowest BCUT2D eigenvalue weighted by Gasteiger charge is -2.10. The van der Waals surface area contributed by atoms with Crippen molar-refractivity contribution in [2.45, 2.75) is 6.92 Å². The molecule has 0 fully saturated rings. The molecule has 0 atom stereocenters. The Morgan fingerprint density at radius 1 is 1.28 bits per heavy atom. The second kappa shape index (κ2) is 6.48. The number of amides is 1. The van der Waals surface area contributed by atoms with Gasteiger partial charge in [-0.1, -0.05) is 0 Å². The molecular weight excluding hydrogens is 238 g/mol. The fourth-order valence-corrected chi connectivity index (χ4v) is 1.28. The molecule has 98 valence electrons. The lowest BCUT2D eigenvalue weighted by molar-refractivity contribution is -0.145. The second-order valence-corrected chi connectivity index (χ2v) is 3.32. The normalized spacial score (nSPS) is 9.67. The van der Waals surface area contributed by atoms with Crippen molar-refractivity contribution in [3.8, 4) is 11.5 Å². The summed E-state index contributed by atoms with van der Waals surface area (Å²) in [7, 11) is 1.43. The van der Waals surface area contributed by atoms with Crippen molar-refractivity contribution in [2.75, 3.05) is 20.3 Å². The smallest absolute Gasteiger partial charge is 0.344 e. The van der Waals surface area contributed by atoms with Crippen LogP contribution in [0.4, 0.5) is 0 Å². The molecule has 1 rings (SSSR count). The Morgan fingerprint density at radius 3 is 2.56 bits per heavy atom. The number of rotatable bonds is 6. The van der Waals surface area contributed by atoms with E-state index in [1.807, 2.05) is 0 Å². The zero-order valence-corrected chi connectivity index (χ0v) is 10.3. The predicted molar refractivity (Wildman–Crippen MR) is 63.6 cm³/mol. The van der Waals surface area contributed by atoms with E-state index in [2.05, 4.69) is 0 Å². The monoisotopic (exact) mass is 253 g/mol. The van der Waals surface area contributed by atoms with E-state index in [-0.39, 0.29) is 6.61 Å². The minimum Gasteiger partial charge on any atom is -0.493 e. The van der Waals surface area contributed by atoms with Crippen LogP contribution in [-0.4, -0.2) is 32.2 Å². The highest BCUT2D eigenvalue weighted by Crippen LogP contribution is 2.27. The van der Waals surface area contributed by atoms with Gasteiger partial charge in [0.25, 0.3) is 0 Å². The van der Waals surface area contributed by atoms with Gasteiger partial charge in [-0.15, -0.1) is 0 Å². The molecule has 0 radical (unpaired) electrons. The molecule has 0 saturated carbocycles. The first-order valence-electron chi connectivity index (χ1n) is 5.34. The van der Waals surface area contributed by atoms with E-state index in [4.69, 9.17) is 19.9 Å². The molecule has 0 aliphatic heterocycles. The van der Waals surface area contributed by atoms with Crippen molar-refractivity contribution in [1.82, 2.24) is 0 Å². The van der Waals surface area contributed by atoms with Crippen LogP contribution in [0.5, 0.6) is 11.5 Å². The standard InChI is InChI=1S/C12H15NO5/c1-3-17-11(14)7-18-9-5-4-8(12(13)15)6-10(9)16-2/h4-6H,3,7H2,1-2H3,(H2,13,15). The third-order valence-corrected chi connectivity index (χ3v) is 2.10. The number of carbonyl (C=O) groups is 2. The maximum atomic E-state index is 11.1. The summed E-state index contributed by atoms with van der Waals surface area (Å²) in [6, 6.07) is 4.45. The van der Waals surface area contributed by atoms with E-state index in [0.717, 1.165) is 0 Å². The molecule has 0 heterocycles. The van der Waals surface area contributed by atoms with Gasteiger partial charge in [0.1, 0.15) is 0 Å². The van der Waals surface area contributed by atoms with Crippen LogP contribution >= 0.6 is 0 Å². The summed E-state index contributed by atoms with van der Waals surface area (Å²) < 4.78 is 15.0. The van der Waals surface area contributed by atoms with Gasteiger partial charge in [-0.3, -0.25) is 4.79 Å². The molecule has 6 heteroatoms. The van der Waals surface area contributed by atoms with Gasteiger partial charge in [0.15, 0.2) is 18.1 Å². The lowest BCUT2D eigenvalue weighted by atomic mass is 10.2. The molecule has 1 aromatic carbocycles. The Kier molecular flexibility index (Phi) is 4.98. The molecule has 0 aliphatic rings. The highest BCUT2D eigenvalue weighted by atomic mass is 16.6. The SMILES string of the molecule is CCOC(=O)COc1ccc(C(N)=O)cc1OC. The molecule has 0 saturated heterocycles. The molecular formula is C12H15NO5. The van der Waals surface area contributed by atoms with Crippen LogP contribution in [0, 0.1) is 0 Å². The first-order valence-corrected chi connectivity index (χ1v) is 5.34. The Morgan fingerprint density at radius 2 is 2.00 bits per heavy atom. The van der Waals surface area contributed by atoms with Crippen LogP contribution in [0.1, 0.15) is 17.3 Å². The maximum absolute atomic E-state index is 11.1. The second-order valence-electron chi connectivity index (χ2n) is 3.32. The Hall–Kier alpha value is -2.24. The number of esters is 1. The fraction of sp³-hybridized carbons (Fsp3) is 0.333. The molecule has 1 aromatic rings. The number of carbonyl (C=O) groups excluding carboxylic acids is 2. The van der Waals surface area contributed by atoms with Crippen molar-refractivity contribution in [3.63, 3.8) is 0 Å². The van der Waals surface area contributed by atoms with E-state index < -0.39 is 11.9 Å². The zero-order chi connectivity index (χ0) is 13.5. The largest absolute Gasteiger partial charge is 0.493 e. The summed E-state index contributed by atoms with van der Waals surface area (Å²) >= 11 is 0. The third kappa shape index (κ3) is 3.65. The number of hydrogen-bond donors (Lipinski definition) is 1. The maximum Gasteiger partial charge on any atom is 0.344 e. The quantitative estimate of drug-likeness (QED) is 0.755. The van der Waals surface area contributed by atoms with Gasteiger partial charge in [-0.05, 0) is 25.1 Å². The summed E-state index contributed by atoms with van der Waals surface area (Å²) in [6.07, 6.45) is 0. The van der Waals surface area contributed by atoms with E-state index in [0.29, 0.717) is 23.7 Å². The molecule has 6 nitrogen and oxygen atoms in total. The predicted octanol–water partition coefficient (Wildman–Crippen LogP) is 0.736. The molecule has 1 amide bonds. The summed E-state index contributed by atoms with van der Waals surface area (Å²) in [4.78, 5) is 22.1.